The van der Waals surface area contributed by atoms with E-state index in [4.69, 9.17) is 21.4 Å². The number of benzene rings is 1. The molecule has 1 N–H and O–H groups in total. The maximum absolute atomic E-state index is 11.1. The molecular weight excluding hydrogens is 344 g/mol. The summed E-state index contributed by atoms with van der Waals surface area (Å²) in [5.74, 6) is 0.0216. The van der Waals surface area contributed by atoms with E-state index in [1.165, 1.54) is 19.2 Å². The largest absolute Gasteiger partial charge is 0.494 e. The molecule has 0 radical (unpaired) electrons. The molecule has 3 aromatic rings. The summed E-state index contributed by atoms with van der Waals surface area (Å²) >= 11 is 6.09. The minimum absolute atomic E-state index is 0.163. The number of pyridine rings is 1. The third-order valence-electron chi connectivity index (χ3n) is 3.73. The molecule has 128 valence electrons. The van der Waals surface area contributed by atoms with Gasteiger partial charge in [0, 0.05) is 17.3 Å². The Kier molecular flexibility index (Phi) is 4.41. The van der Waals surface area contributed by atoms with Gasteiger partial charge in [-0.15, -0.1) is 10.2 Å². The van der Waals surface area contributed by atoms with Crippen LogP contribution in [0.3, 0.4) is 0 Å². The average molecular weight is 359 g/mol. The number of halogens is 1. The smallest absolute Gasteiger partial charge is 0.335 e. The second-order valence-corrected chi connectivity index (χ2v) is 5.85. The molecule has 0 bridgehead atoms. The predicted octanol–water partition coefficient (Wildman–Crippen LogP) is 4.73. The van der Waals surface area contributed by atoms with Crippen LogP contribution in [0.25, 0.3) is 5.65 Å². The first-order valence-electron chi connectivity index (χ1n) is 7.38. The molecule has 0 spiro atoms. The highest BCUT2D eigenvalue weighted by molar-refractivity contribution is 6.31. The molecule has 0 aliphatic carbocycles. The van der Waals surface area contributed by atoms with Crippen LogP contribution >= 0.6 is 11.6 Å². The Morgan fingerprint density at radius 1 is 1.28 bits per heavy atom. The summed E-state index contributed by atoms with van der Waals surface area (Å²) in [5, 5.41) is 18.2. The van der Waals surface area contributed by atoms with E-state index < -0.39 is 5.97 Å². The van der Waals surface area contributed by atoms with Gasteiger partial charge in [0.25, 0.3) is 0 Å². The fourth-order valence-corrected chi connectivity index (χ4v) is 2.55. The van der Waals surface area contributed by atoms with Gasteiger partial charge in [-0.25, -0.2) is 9.78 Å². The Morgan fingerprint density at radius 2 is 2.04 bits per heavy atom. The van der Waals surface area contributed by atoms with E-state index in [0.29, 0.717) is 33.6 Å². The molecule has 2 heterocycles. The Balaban J connectivity index is 2.06. The summed E-state index contributed by atoms with van der Waals surface area (Å²) in [7, 11) is 1.53. The van der Waals surface area contributed by atoms with Gasteiger partial charge in [-0.3, -0.25) is 4.40 Å². The number of methoxy groups -OCH3 is 1. The molecule has 0 aliphatic heterocycles. The quantitative estimate of drug-likeness (QED) is 0.683. The number of carbonyl (C=O) groups is 1. The van der Waals surface area contributed by atoms with Crippen LogP contribution in [0.4, 0.5) is 11.5 Å². The van der Waals surface area contributed by atoms with E-state index in [9.17, 15) is 4.79 Å². The van der Waals surface area contributed by atoms with Crippen molar-refractivity contribution in [1.82, 2.24) is 9.38 Å². The molecule has 0 saturated heterocycles. The summed E-state index contributed by atoms with van der Waals surface area (Å²) in [6, 6.07) is 6.45. The molecule has 2 aromatic heterocycles. The van der Waals surface area contributed by atoms with Gasteiger partial charge in [0.15, 0.2) is 5.82 Å². The minimum Gasteiger partial charge on any atom is -0.494 e. The molecule has 0 atom stereocenters. The summed E-state index contributed by atoms with van der Waals surface area (Å²) in [5.41, 5.74) is 2.69. The van der Waals surface area contributed by atoms with Crippen molar-refractivity contribution in [2.75, 3.05) is 7.11 Å². The zero-order valence-corrected chi connectivity index (χ0v) is 14.6. The van der Waals surface area contributed by atoms with Crippen LogP contribution in [0.5, 0.6) is 5.75 Å². The van der Waals surface area contributed by atoms with E-state index in [0.717, 1.165) is 5.56 Å². The summed E-state index contributed by atoms with van der Waals surface area (Å²) in [6.45, 7) is 3.65. The van der Waals surface area contributed by atoms with Crippen LogP contribution in [-0.4, -0.2) is 27.6 Å². The zero-order chi connectivity index (χ0) is 18.1. The lowest BCUT2D eigenvalue weighted by Gasteiger charge is -2.06. The number of aromatic nitrogens is 2. The second-order valence-electron chi connectivity index (χ2n) is 5.44. The maximum atomic E-state index is 11.1. The van der Waals surface area contributed by atoms with Gasteiger partial charge in [-0.2, -0.15) is 0 Å². The molecule has 0 aliphatic rings. The van der Waals surface area contributed by atoms with Crippen molar-refractivity contribution in [1.29, 1.82) is 0 Å². The van der Waals surface area contributed by atoms with Crippen molar-refractivity contribution in [2.24, 2.45) is 10.2 Å². The second kappa shape index (κ2) is 6.52. The van der Waals surface area contributed by atoms with Gasteiger partial charge in [0.2, 0.25) is 0 Å². The molecule has 0 fully saturated rings. The Labute approximate surface area is 148 Å². The lowest BCUT2D eigenvalue weighted by molar-refractivity contribution is 0.0697. The van der Waals surface area contributed by atoms with Crippen molar-refractivity contribution in [2.45, 2.75) is 13.8 Å². The van der Waals surface area contributed by atoms with Crippen LogP contribution in [0.1, 0.15) is 21.6 Å². The third kappa shape index (κ3) is 3.18. The van der Waals surface area contributed by atoms with Gasteiger partial charge in [0.05, 0.1) is 18.4 Å². The van der Waals surface area contributed by atoms with Crippen LogP contribution in [0.2, 0.25) is 5.02 Å². The number of hydrogen-bond acceptors (Lipinski definition) is 5. The van der Waals surface area contributed by atoms with E-state index in [-0.39, 0.29) is 5.56 Å². The molecule has 0 amide bonds. The highest BCUT2D eigenvalue weighted by atomic mass is 35.5. The van der Waals surface area contributed by atoms with Gasteiger partial charge >= 0.3 is 5.97 Å². The molecular formula is C17H15ClN4O3. The fourth-order valence-electron chi connectivity index (χ4n) is 2.39. The molecule has 0 saturated carbocycles. The van der Waals surface area contributed by atoms with Crippen LogP contribution < -0.4 is 4.74 Å². The molecule has 7 nitrogen and oxygen atoms in total. The number of nitrogens with zero attached hydrogens (tertiary/aromatic N) is 4. The number of aromatic carboxylic acids is 1. The lowest BCUT2D eigenvalue weighted by Crippen LogP contribution is -1.97. The van der Waals surface area contributed by atoms with Crippen molar-refractivity contribution in [3.8, 4) is 5.75 Å². The van der Waals surface area contributed by atoms with Gasteiger partial charge < -0.3 is 9.84 Å². The van der Waals surface area contributed by atoms with Crippen LogP contribution in [0, 0.1) is 13.8 Å². The summed E-state index contributed by atoms with van der Waals surface area (Å²) < 4.78 is 6.97. The predicted molar refractivity (Wildman–Crippen MR) is 93.8 cm³/mol. The first kappa shape index (κ1) is 16.9. The van der Waals surface area contributed by atoms with Crippen molar-refractivity contribution < 1.29 is 14.6 Å². The maximum Gasteiger partial charge on any atom is 0.335 e. The van der Waals surface area contributed by atoms with Gasteiger partial charge in [-0.1, -0.05) is 11.6 Å². The molecule has 0 unspecified atom stereocenters. The monoisotopic (exact) mass is 358 g/mol. The lowest BCUT2D eigenvalue weighted by atomic mass is 10.2. The number of ether oxygens (including phenoxy) is 1. The van der Waals surface area contributed by atoms with E-state index in [1.807, 2.05) is 6.92 Å². The minimum atomic E-state index is -1.01. The number of aryl methyl sites for hydroxylation is 2. The average Bonchev–Trinajstić information content (AvgIpc) is 2.89. The van der Waals surface area contributed by atoms with Crippen LogP contribution in [0.15, 0.2) is 40.7 Å². The van der Waals surface area contributed by atoms with Crippen molar-refractivity contribution >= 4 is 34.7 Å². The first-order chi connectivity index (χ1) is 11.9. The van der Waals surface area contributed by atoms with E-state index in [2.05, 4.69) is 15.2 Å². The topological polar surface area (TPSA) is 88.5 Å². The number of rotatable bonds is 4. The summed E-state index contributed by atoms with van der Waals surface area (Å²) in [4.78, 5) is 15.4. The Bertz CT molecular complexity index is 1010. The number of carboxylic acids is 1. The van der Waals surface area contributed by atoms with Gasteiger partial charge in [-0.05, 0) is 37.6 Å². The molecule has 25 heavy (non-hydrogen) atoms. The highest BCUT2D eigenvalue weighted by Gasteiger charge is 2.12. The molecule has 8 heteroatoms. The van der Waals surface area contributed by atoms with Crippen LogP contribution in [-0.2, 0) is 0 Å². The van der Waals surface area contributed by atoms with Crippen molar-refractivity contribution in [3.63, 3.8) is 0 Å². The number of hydrogen-bond donors (Lipinski definition) is 1. The number of carboxylic acid groups (broad SMARTS) is 1. The summed E-state index contributed by atoms with van der Waals surface area (Å²) in [6.07, 6.45) is 1.61. The SMILES string of the molecule is COc1cc(Cl)c(C)cc1N=Nc1c(C)nc2cc(C(=O)O)ccn12. The third-order valence-corrected chi connectivity index (χ3v) is 4.14. The fraction of sp³-hybridized carbons (Fsp3) is 0.176. The number of azo groups is 1. The van der Waals surface area contributed by atoms with Gasteiger partial charge in [0.1, 0.15) is 17.1 Å². The highest BCUT2D eigenvalue weighted by Crippen LogP contribution is 2.34. The zero-order valence-electron chi connectivity index (χ0n) is 13.8. The number of imidazole rings is 1. The molecule has 3 rings (SSSR count). The molecule has 1 aromatic carbocycles. The Hall–Kier alpha value is -2.93. The normalized spacial score (nSPS) is 11.4. The first-order valence-corrected chi connectivity index (χ1v) is 7.76. The van der Waals surface area contributed by atoms with E-state index in [1.54, 1.807) is 29.7 Å². The standard InChI is InChI=1S/C17H15ClN4O3/c1-9-6-13(14(25-3)8-12(9)18)20-21-16-10(2)19-15-7-11(17(23)24)4-5-22(15)16/h4-8H,1-3H3,(H,23,24). The van der Waals surface area contributed by atoms with E-state index >= 15 is 0 Å². The number of fused-ring (bicyclic) bond motifs is 1. The Morgan fingerprint density at radius 3 is 2.72 bits per heavy atom. The van der Waals surface area contributed by atoms with Crippen molar-refractivity contribution in [3.05, 3.63) is 52.3 Å².